The fourth-order valence-corrected chi connectivity index (χ4v) is 2.20. The van der Waals surface area contributed by atoms with Crippen molar-refractivity contribution >= 4 is 24.0 Å². The Labute approximate surface area is 108 Å². The van der Waals surface area contributed by atoms with Crippen LogP contribution in [0.1, 0.15) is 30.1 Å². The number of rotatable bonds is 2. The summed E-state index contributed by atoms with van der Waals surface area (Å²) >= 11 is 0. The second-order valence-electron chi connectivity index (χ2n) is 4.44. The average molecular weight is 255 g/mol. The minimum atomic E-state index is 0. The minimum absolute atomic E-state index is 0. The van der Waals surface area contributed by atoms with E-state index in [-0.39, 0.29) is 18.3 Å². The molecule has 1 heterocycles. The third-order valence-electron chi connectivity index (χ3n) is 3.28. The molecule has 0 bridgehead atoms. The van der Waals surface area contributed by atoms with Crippen molar-refractivity contribution < 1.29 is 4.79 Å². The van der Waals surface area contributed by atoms with Gasteiger partial charge in [0.25, 0.3) is 5.91 Å². The molecule has 1 fully saturated rings. The summed E-state index contributed by atoms with van der Waals surface area (Å²) in [7, 11) is 0. The predicted molar refractivity (Wildman–Crippen MR) is 72.4 cm³/mol. The Morgan fingerprint density at radius 3 is 2.88 bits per heavy atom. The Bertz CT molecular complexity index is 395. The SMILES string of the molecule is CCC1CCN(C(=O)c2cccc(N)c2)C1.Cl. The third kappa shape index (κ3) is 3.13. The van der Waals surface area contributed by atoms with E-state index < -0.39 is 0 Å². The molecule has 1 atom stereocenters. The van der Waals surface area contributed by atoms with Gasteiger partial charge in [-0.3, -0.25) is 4.79 Å². The first-order valence-corrected chi connectivity index (χ1v) is 5.85. The number of carbonyl (C=O) groups is 1. The molecule has 1 aliphatic rings. The summed E-state index contributed by atoms with van der Waals surface area (Å²) in [5, 5.41) is 0. The summed E-state index contributed by atoms with van der Waals surface area (Å²) in [6.07, 6.45) is 2.28. The molecular weight excluding hydrogens is 236 g/mol. The summed E-state index contributed by atoms with van der Waals surface area (Å²) in [6.45, 7) is 3.95. The molecule has 0 aromatic heterocycles. The van der Waals surface area contributed by atoms with E-state index in [9.17, 15) is 4.79 Å². The Kier molecular flexibility index (Phi) is 4.82. The molecule has 3 nitrogen and oxygen atoms in total. The van der Waals surface area contributed by atoms with Crippen LogP contribution in [0.5, 0.6) is 0 Å². The molecule has 1 aromatic carbocycles. The molecule has 2 rings (SSSR count). The molecule has 17 heavy (non-hydrogen) atoms. The molecule has 0 spiro atoms. The molecule has 1 unspecified atom stereocenters. The molecule has 2 N–H and O–H groups in total. The minimum Gasteiger partial charge on any atom is -0.399 e. The topological polar surface area (TPSA) is 46.3 Å². The Balaban J connectivity index is 0.00000144. The number of halogens is 1. The van der Waals surface area contributed by atoms with E-state index in [1.165, 1.54) is 0 Å². The van der Waals surface area contributed by atoms with E-state index in [1.54, 1.807) is 12.1 Å². The molecular formula is C13H19ClN2O. The Morgan fingerprint density at radius 2 is 2.29 bits per heavy atom. The molecule has 0 aliphatic carbocycles. The van der Waals surface area contributed by atoms with Crippen LogP contribution in [0.15, 0.2) is 24.3 Å². The van der Waals surface area contributed by atoms with Crippen molar-refractivity contribution in [2.75, 3.05) is 18.8 Å². The van der Waals surface area contributed by atoms with Gasteiger partial charge < -0.3 is 10.6 Å². The highest BCUT2D eigenvalue weighted by atomic mass is 35.5. The Morgan fingerprint density at radius 1 is 1.53 bits per heavy atom. The van der Waals surface area contributed by atoms with E-state index in [0.29, 0.717) is 17.2 Å². The van der Waals surface area contributed by atoms with Crippen LogP contribution in [0.4, 0.5) is 5.69 Å². The summed E-state index contributed by atoms with van der Waals surface area (Å²) in [5.41, 5.74) is 7.03. The van der Waals surface area contributed by atoms with Gasteiger partial charge in [0.1, 0.15) is 0 Å². The summed E-state index contributed by atoms with van der Waals surface area (Å²) in [6, 6.07) is 7.21. The van der Waals surface area contributed by atoms with E-state index in [0.717, 1.165) is 25.9 Å². The number of amides is 1. The lowest BCUT2D eigenvalue weighted by Gasteiger charge is -2.16. The normalized spacial score (nSPS) is 18.9. The van der Waals surface area contributed by atoms with Gasteiger partial charge in [0.15, 0.2) is 0 Å². The number of benzene rings is 1. The predicted octanol–water partition coefficient (Wildman–Crippen LogP) is 2.56. The van der Waals surface area contributed by atoms with Crippen LogP contribution in [-0.2, 0) is 0 Å². The number of likely N-dealkylation sites (tertiary alicyclic amines) is 1. The van der Waals surface area contributed by atoms with Crippen LogP contribution in [0.2, 0.25) is 0 Å². The zero-order valence-electron chi connectivity index (χ0n) is 10.1. The van der Waals surface area contributed by atoms with Gasteiger partial charge in [-0.1, -0.05) is 19.4 Å². The largest absolute Gasteiger partial charge is 0.399 e. The fraction of sp³-hybridized carbons (Fsp3) is 0.462. The van der Waals surface area contributed by atoms with Crippen molar-refractivity contribution in [1.82, 2.24) is 4.90 Å². The zero-order chi connectivity index (χ0) is 11.5. The van der Waals surface area contributed by atoms with Gasteiger partial charge in [-0.2, -0.15) is 0 Å². The van der Waals surface area contributed by atoms with Crippen LogP contribution >= 0.6 is 12.4 Å². The van der Waals surface area contributed by atoms with Crippen LogP contribution in [0.25, 0.3) is 0 Å². The number of nitrogens with zero attached hydrogens (tertiary/aromatic N) is 1. The van der Waals surface area contributed by atoms with Crippen molar-refractivity contribution in [2.24, 2.45) is 5.92 Å². The molecule has 1 amide bonds. The second-order valence-corrected chi connectivity index (χ2v) is 4.44. The smallest absolute Gasteiger partial charge is 0.253 e. The number of hydrogen-bond donors (Lipinski definition) is 1. The van der Waals surface area contributed by atoms with Crippen molar-refractivity contribution in [1.29, 1.82) is 0 Å². The van der Waals surface area contributed by atoms with Crippen LogP contribution in [0, 0.1) is 5.92 Å². The zero-order valence-corrected chi connectivity index (χ0v) is 10.9. The molecule has 1 aliphatic heterocycles. The van der Waals surface area contributed by atoms with Crippen LogP contribution in [0.3, 0.4) is 0 Å². The van der Waals surface area contributed by atoms with E-state index in [4.69, 9.17) is 5.73 Å². The van der Waals surface area contributed by atoms with Gasteiger partial charge >= 0.3 is 0 Å². The lowest BCUT2D eigenvalue weighted by Crippen LogP contribution is -2.28. The quantitative estimate of drug-likeness (QED) is 0.825. The Hall–Kier alpha value is -1.22. The summed E-state index contributed by atoms with van der Waals surface area (Å²) in [5.74, 6) is 0.785. The maximum Gasteiger partial charge on any atom is 0.253 e. The standard InChI is InChI=1S/C13H18N2O.ClH/c1-2-10-6-7-15(9-10)13(16)11-4-3-5-12(14)8-11;/h3-5,8,10H,2,6-7,9,14H2,1H3;1H. The number of carbonyl (C=O) groups excluding carboxylic acids is 1. The number of nitrogens with two attached hydrogens (primary N) is 1. The lowest BCUT2D eigenvalue weighted by molar-refractivity contribution is 0.0787. The molecule has 1 aromatic rings. The fourth-order valence-electron chi connectivity index (χ4n) is 2.20. The van der Waals surface area contributed by atoms with Crippen LogP contribution < -0.4 is 5.73 Å². The molecule has 4 heteroatoms. The van der Waals surface area contributed by atoms with Gasteiger partial charge in [-0.15, -0.1) is 12.4 Å². The van der Waals surface area contributed by atoms with Crippen molar-refractivity contribution in [3.63, 3.8) is 0 Å². The van der Waals surface area contributed by atoms with Crippen molar-refractivity contribution in [2.45, 2.75) is 19.8 Å². The highest BCUT2D eigenvalue weighted by Gasteiger charge is 2.25. The number of anilines is 1. The van der Waals surface area contributed by atoms with Gasteiger partial charge in [-0.25, -0.2) is 0 Å². The highest BCUT2D eigenvalue weighted by Crippen LogP contribution is 2.21. The summed E-state index contributed by atoms with van der Waals surface area (Å²) < 4.78 is 0. The van der Waals surface area contributed by atoms with Gasteiger partial charge in [0.2, 0.25) is 0 Å². The monoisotopic (exact) mass is 254 g/mol. The first-order valence-electron chi connectivity index (χ1n) is 5.85. The van der Waals surface area contributed by atoms with Crippen LogP contribution in [-0.4, -0.2) is 23.9 Å². The lowest BCUT2D eigenvalue weighted by atomic mass is 10.1. The maximum atomic E-state index is 12.1. The molecule has 0 radical (unpaired) electrons. The van der Waals surface area contributed by atoms with Crippen molar-refractivity contribution in [3.8, 4) is 0 Å². The first kappa shape index (κ1) is 13.8. The molecule has 1 saturated heterocycles. The van der Waals surface area contributed by atoms with Crippen molar-refractivity contribution in [3.05, 3.63) is 29.8 Å². The first-order chi connectivity index (χ1) is 7.70. The molecule has 0 saturated carbocycles. The maximum absolute atomic E-state index is 12.1. The second kappa shape index (κ2) is 5.92. The van der Waals surface area contributed by atoms with E-state index in [1.807, 2.05) is 17.0 Å². The van der Waals surface area contributed by atoms with E-state index in [2.05, 4.69) is 6.92 Å². The average Bonchev–Trinajstić information content (AvgIpc) is 2.76. The van der Waals surface area contributed by atoms with Gasteiger partial charge in [-0.05, 0) is 30.5 Å². The molecule has 94 valence electrons. The number of nitrogen functional groups attached to an aromatic ring is 1. The van der Waals surface area contributed by atoms with E-state index >= 15 is 0 Å². The highest BCUT2D eigenvalue weighted by molar-refractivity contribution is 5.95. The van der Waals surface area contributed by atoms with Gasteiger partial charge in [0.05, 0.1) is 0 Å². The van der Waals surface area contributed by atoms with Gasteiger partial charge in [0, 0.05) is 24.3 Å². The third-order valence-corrected chi connectivity index (χ3v) is 3.28. The summed E-state index contributed by atoms with van der Waals surface area (Å²) in [4.78, 5) is 14.1. The number of hydrogen-bond acceptors (Lipinski definition) is 2.